The van der Waals surface area contributed by atoms with E-state index in [1.54, 1.807) is 0 Å². The third-order valence-corrected chi connectivity index (χ3v) is 9.53. The molecular weight excluding hydrogens is 764 g/mol. The third kappa shape index (κ3) is 9.36. The maximum absolute atomic E-state index is 14.5. The van der Waals surface area contributed by atoms with Gasteiger partial charge in [-0.3, -0.25) is 19.4 Å². The molecular formula is C34H33B3ClF6N9O3. The van der Waals surface area contributed by atoms with Gasteiger partial charge in [0.05, 0.1) is 46.3 Å². The number of aliphatic imine (C=N–C) groups is 1. The Kier molecular flexibility index (Phi) is 12.0. The van der Waals surface area contributed by atoms with E-state index in [9.17, 15) is 35.9 Å². The number of carbonyl (C=O) groups excluding carboxylic acids is 2. The number of nitrogens with one attached hydrogen (secondary N) is 1. The molecule has 56 heavy (non-hydrogen) atoms. The van der Waals surface area contributed by atoms with E-state index >= 15 is 0 Å². The summed E-state index contributed by atoms with van der Waals surface area (Å²) in [7, 11) is 17.2. The minimum atomic E-state index is -2.99. The summed E-state index contributed by atoms with van der Waals surface area (Å²) in [5.41, 5.74) is 4.16. The van der Waals surface area contributed by atoms with Crippen molar-refractivity contribution in [2.75, 3.05) is 13.2 Å². The van der Waals surface area contributed by atoms with Crippen molar-refractivity contribution in [2.45, 2.75) is 69.3 Å². The van der Waals surface area contributed by atoms with Crippen molar-refractivity contribution in [1.29, 1.82) is 0 Å². The number of hydrogen-bond donors (Lipinski definition) is 2. The minimum Gasteiger partial charge on any atom is -0.447 e. The van der Waals surface area contributed by atoms with E-state index in [4.69, 9.17) is 45.6 Å². The van der Waals surface area contributed by atoms with Crippen LogP contribution in [0.1, 0.15) is 62.1 Å². The lowest BCUT2D eigenvalue weighted by Gasteiger charge is -2.32. The van der Waals surface area contributed by atoms with Crippen LogP contribution in [-0.4, -0.2) is 102 Å². The van der Waals surface area contributed by atoms with Crippen molar-refractivity contribution in [2.24, 2.45) is 16.1 Å². The van der Waals surface area contributed by atoms with Crippen molar-refractivity contribution < 1.29 is 40.7 Å². The molecule has 0 saturated heterocycles. The van der Waals surface area contributed by atoms with Gasteiger partial charge < -0.3 is 15.8 Å². The van der Waals surface area contributed by atoms with Crippen LogP contribution in [0.5, 0.6) is 0 Å². The van der Waals surface area contributed by atoms with Crippen molar-refractivity contribution in [1.82, 2.24) is 34.8 Å². The van der Waals surface area contributed by atoms with Crippen LogP contribution >= 0.6 is 11.6 Å². The Morgan fingerprint density at radius 2 is 1.77 bits per heavy atom. The van der Waals surface area contributed by atoms with Crippen molar-refractivity contribution in [3.05, 3.63) is 77.3 Å². The summed E-state index contributed by atoms with van der Waals surface area (Å²) >= 11 is 6.53. The van der Waals surface area contributed by atoms with E-state index in [2.05, 4.69) is 25.5 Å². The maximum atomic E-state index is 14.5. The predicted molar refractivity (Wildman–Crippen MR) is 197 cm³/mol. The summed E-state index contributed by atoms with van der Waals surface area (Å²) in [6.07, 6.45) is -1.26. The van der Waals surface area contributed by atoms with Crippen LogP contribution in [0.15, 0.2) is 66.2 Å². The molecule has 290 valence electrons. The van der Waals surface area contributed by atoms with Gasteiger partial charge in [0.25, 0.3) is 18.3 Å². The van der Waals surface area contributed by atoms with Gasteiger partial charge in [0.1, 0.15) is 12.9 Å². The van der Waals surface area contributed by atoms with E-state index in [-0.39, 0.29) is 46.9 Å². The number of hydrogen-bond acceptors (Lipinski definition) is 7. The molecule has 6 radical (unpaired) electrons. The fourth-order valence-electron chi connectivity index (χ4n) is 5.48. The second-order valence-electron chi connectivity index (χ2n) is 14.1. The number of nitrogens with two attached hydrogens (primary N) is 1. The van der Waals surface area contributed by atoms with Gasteiger partial charge in [0.15, 0.2) is 11.8 Å². The fourth-order valence-corrected chi connectivity index (χ4v) is 5.68. The molecule has 1 saturated carbocycles. The second-order valence-corrected chi connectivity index (χ2v) is 14.5. The summed E-state index contributed by atoms with van der Waals surface area (Å²) in [5.74, 6) is -4.26. The zero-order chi connectivity index (χ0) is 41.4. The zero-order valence-electron chi connectivity index (χ0n) is 30.1. The smallest absolute Gasteiger partial charge is 0.407 e. The van der Waals surface area contributed by atoms with Crippen LogP contribution in [0, 0.1) is 5.41 Å². The van der Waals surface area contributed by atoms with Gasteiger partial charge in [-0.25, -0.2) is 32.0 Å². The average molecular weight is 798 g/mol. The number of rotatable bonds is 14. The molecule has 1 fully saturated rings. The summed E-state index contributed by atoms with van der Waals surface area (Å²) in [6, 6.07) is 8.52. The van der Waals surface area contributed by atoms with E-state index in [0.717, 1.165) is 36.0 Å². The second kappa shape index (κ2) is 15.9. The quantitative estimate of drug-likeness (QED) is 0.0728. The molecule has 2 amide bonds. The fraction of sp³-hybridized carbons (Fsp3) is 0.412. The number of halogens is 7. The van der Waals surface area contributed by atoms with Crippen LogP contribution < -0.4 is 11.1 Å². The van der Waals surface area contributed by atoms with Crippen molar-refractivity contribution in [3.8, 4) is 22.5 Å². The topological polar surface area (TPSA) is 146 Å². The van der Waals surface area contributed by atoms with Crippen LogP contribution in [0.25, 0.3) is 22.5 Å². The highest BCUT2D eigenvalue weighted by molar-refractivity contribution is 6.56. The van der Waals surface area contributed by atoms with Crippen molar-refractivity contribution in [3.63, 3.8) is 0 Å². The molecule has 0 aliphatic heterocycles. The summed E-state index contributed by atoms with van der Waals surface area (Å²) in [6.45, 7) is -0.323. The Hall–Kier alpha value is -4.94. The van der Waals surface area contributed by atoms with Gasteiger partial charge in [0, 0.05) is 41.3 Å². The van der Waals surface area contributed by atoms with E-state index in [0.29, 0.717) is 15.8 Å². The van der Waals surface area contributed by atoms with E-state index in [1.165, 1.54) is 55.6 Å². The lowest BCUT2D eigenvalue weighted by molar-refractivity contribution is 0.0403. The monoisotopic (exact) mass is 797 g/mol. The first-order valence-corrected chi connectivity index (χ1v) is 17.2. The van der Waals surface area contributed by atoms with Gasteiger partial charge in [-0.05, 0) is 60.9 Å². The molecule has 0 bridgehead atoms. The molecule has 1 aliphatic rings. The Morgan fingerprint density at radius 1 is 1.11 bits per heavy atom. The van der Waals surface area contributed by atoms with Gasteiger partial charge in [-0.2, -0.15) is 19.0 Å². The van der Waals surface area contributed by atoms with Crippen LogP contribution in [0.4, 0.5) is 31.1 Å². The summed E-state index contributed by atoms with van der Waals surface area (Å²) < 4.78 is 88.5. The first-order valence-electron chi connectivity index (χ1n) is 16.8. The SMILES string of the molecule is [B]C([B])([B])n1cnc(-c2cc([C@@H](COC(=O)NC(C)(C)C(F)F)N(C(=O)c3ccc(-c4cnn(C(F)F)c4)cc3)C(N)=NCC[C@@]3(C)CC3(F)F)ccc2Cl)n1. The molecule has 12 nitrogen and oxygen atoms in total. The molecule has 3 N–H and O–H groups in total. The molecule has 4 aromatic rings. The number of benzene rings is 2. The molecule has 0 spiro atoms. The van der Waals surface area contributed by atoms with Crippen LogP contribution in [0.2, 0.25) is 5.02 Å². The number of nitrogens with zero attached hydrogens (tertiary/aromatic N) is 7. The number of guanidine groups is 1. The number of alkyl carbamates (subject to hydrolysis) is 1. The first-order chi connectivity index (χ1) is 26.0. The van der Waals surface area contributed by atoms with E-state index < -0.39 is 65.7 Å². The number of ether oxygens (including phenoxy) is 1. The third-order valence-electron chi connectivity index (χ3n) is 9.20. The Labute approximate surface area is 326 Å². The Morgan fingerprint density at radius 3 is 2.32 bits per heavy atom. The molecule has 2 aromatic carbocycles. The minimum absolute atomic E-state index is 0.0254. The number of carbonyl (C=O) groups is 2. The van der Waals surface area contributed by atoms with Gasteiger partial charge >= 0.3 is 12.6 Å². The molecule has 5 rings (SSSR count). The highest BCUT2D eigenvalue weighted by Gasteiger charge is 2.67. The molecule has 2 aromatic heterocycles. The molecule has 2 heterocycles. The Bertz CT molecular complexity index is 2100. The average Bonchev–Trinajstić information content (AvgIpc) is 3.59. The van der Waals surface area contributed by atoms with Crippen molar-refractivity contribution >= 4 is 53.1 Å². The standard InChI is InChI=1S/C34H33B3ClF6N9O3/c1-31(2,27(39)40)49-30(55)56-15-24(20-8-9-23(38)22(12-20)25-47-17-52(50-25)34(35,36)37)53(29(45)46-11-10-32(3)16-33(32,43)44)26(54)19-6-4-18(5-7-19)21-13-48-51(14-21)28(41)42/h4-9,12-14,17,24,27-28H,10-11,15-16H2,1-3H3,(H2,45,46)(H,49,55)/t24-,32+/m1/s1. The molecule has 2 atom stereocenters. The van der Waals surface area contributed by atoms with Gasteiger partial charge in [-0.15, -0.1) is 0 Å². The lowest BCUT2D eigenvalue weighted by atomic mass is 9.49. The largest absolute Gasteiger partial charge is 0.447 e. The molecule has 1 aliphatic carbocycles. The normalized spacial score (nSPS) is 17.5. The number of amides is 2. The van der Waals surface area contributed by atoms with E-state index in [1.807, 2.05) is 0 Å². The lowest BCUT2D eigenvalue weighted by Crippen LogP contribution is -2.50. The predicted octanol–water partition coefficient (Wildman–Crippen LogP) is 5.63. The highest BCUT2D eigenvalue weighted by Crippen LogP contribution is 2.62. The number of aromatic nitrogens is 5. The first kappa shape index (κ1) is 42.2. The van der Waals surface area contributed by atoms with Crippen LogP contribution in [-0.2, 0) is 9.97 Å². The van der Waals surface area contributed by atoms with Crippen LogP contribution in [0.3, 0.4) is 0 Å². The Balaban J connectivity index is 1.58. The van der Waals surface area contributed by atoms with Gasteiger partial charge in [-0.1, -0.05) is 36.7 Å². The zero-order valence-corrected chi connectivity index (χ0v) is 30.9. The summed E-state index contributed by atoms with van der Waals surface area (Å²) in [5, 5.41) is 8.02. The van der Waals surface area contributed by atoms with Gasteiger partial charge in [0.2, 0.25) is 0 Å². The molecule has 0 unspecified atom stereocenters. The summed E-state index contributed by atoms with van der Waals surface area (Å²) in [4.78, 5) is 36.8. The highest BCUT2D eigenvalue weighted by atomic mass is 35.5. The number of alkyl halides is 6. The molecule has 22 heteroatoms. The maximum Gasteiger partial charge on any atom is 0.407 e.